The average Bonchev–Trinajstić information content (AvgIpc) is 2.22. The second kappa shape index (κ2) is 4.41. The summed E-state index contributed by atoms with van der Waals surface area (Å²) in [6.07, 6.45) is 0. The second-order valence-electron chi connectivity index (χ2n) is 3.37. The Morgan fingerprint density at radius 2 is 1.94 bits per heavy atom. The van der Waals surface area contributed by atoms with Crippen LogP contribution in [0.5, 0.6) is 0 Å². The lowest BCUT2D eigenvalue weighted by Crippen LogP contribution is -1.94. The molecular weight excluding hydrogens is 227 g/mol. The summed E-state index contributed by atoms with van der Waals surface area (Å²) in [6.45, 7) is 0. The molecule has 0 aliphatic carbocycles. The summed E-state index contributed by atoms with van der Waals surface area (Å²) >= 11 is 5.66. The van der Waals surface area contributed by atoms with Gasteiger partial charge in [0, 0.05) is 16.4 Å². The summed E-state index contributed by atoms with van der Waals surface area (Å²) in [5, 5.41) is 3.30. The molecule has 16 heavy (non-hydrogen) atoms. The maximum absolute atomic E-state index is 13.5. The van der Waals surface area contributed by atoms with E-state index in [1.807, 2.05) is 6.07 Å². The molecular formula is C12H10ClFN2. The number of rotatable bonds is 2. The highest BCUT2D eigenvalue weighted by Crippen LogP contribution is 2.23. The molecule has 0 saturated carbocycles. The van der Waals surface area contributed by atoms with Gasteiger partial charge in [-0.2, -0.15) is 0 Å². The van der Waals surface area contributed by atoms with Crippen LogP contribution < -0.4 is 11.1 Å². The lowest BCUT2D eigenvalue weighted by atomic mass is 10.2. The van der Waals surface area contributed by atoms with Crippen molar-refractivity contribution >= 4 is 28.7 Å². The van der Waals surface area contributed by atoms with Crippen molar-refractivity contribution in [3.63, 3.8) is 0 Å². The van der Waals surface area contributed by atoms with E-state index in [1.165, 1.54) is 6.07 Å². The predicted molar refractivity (Wildman–Crippen MR) is 65.5 cm³/mol. The molecule has 0 heterocycles. The van der Waals surface area contributed by atoms with Gasteiger partial charge in [-0.25, -0.2) is 4.39 Å². The Morgan fingerprint density at radius 3 is 2.62 bits per heavy atom. The average molecular weight is 237 g/mol. The monoisotopic (exact) mass is 236 g/mol. The van der Waals surface area contributed by atoms with E-state index in [-0.39, 0.29) is 0 Å². The van der Waals surface area contributed by atoms with Crippen LogP contribution in [0.15, 0.2) is 42.5 Å². The molecule has 0 saturated heterocycles. The van der Waals surface area contributed by atoms with E-state index >= 15 is 0 Å². The maximum atomic E-state index is 13.5. The van der Waals surface area contributed by atoms with Crippen LogP contribution in [0.4, 0.5) is 21.5 Å². The highest BCUT2D eigenvalue weighted by atomic mass is 35.5. The number of nitrogens with two attached hydrogens (primary N) is 1. The first kappa shape index (κ1) is 10.8. The summed E-state index contributed by atoms with van der Waals surface area (Å²) in [6, 6.07) is 11.6. The highest BCUT2D eigenvalue weighted by molar-refractivity contribution is 6.30. The lowest BCUT2D eigenvalue weighted by molar-refractivity contribution is 0.632. The fourth-order valence-electron chi connectivity index (χ4n) is 1.36. The first-order chi connectivity index (χ1) is 7.65. The van der Waals surface area contributed by atoms with Crippen LogP contribution in [0.25, 0.3) is 0 Å². The number of nitrogens with one attached hydrogen (secondary N) is 1. The Hall–Kier alpha value is -1.74. The molecule has 0 aliphatic rings. The standard InChI is InChI=1S/C12H10ClFN2/c13-8-4-5-12(11(14)6-8)16-10-3-1-2-9(15)7-10/h1-7,16H,15H2. The van der Waals surface area contributed by atoms with Crippen LogP contribution in [-0.4, -0.2) is 0 Å². The molecule has 4 heteroatoms. The van der Waals surface area contributed by atoms with E-state index in [1.54, 1.807) is 30.3 Å². The third-order valence-electron chi connectivity index (χ3n) is 2.10. The first-order valence-corrected chi connectivity index (χ1v) is 5.10. The van der Waals surface area contributed by atoms with E-state index in [4.69, 9.17) is 17.3 Å². The van der Waals surface area contributed by atoms with E-state index in [0.717, 1.165) is 5.69 Å². The van der Waals surface area contributed by atoms with Crippen LogP contribution in [0.2, 0.25) is 5.02 Å². The van der Waals surface area contributed by atoms with Crippen LogP contribution in [0.3, 0.4) is 0 Å². The first-order valence-electron chi connectivity index (χ1n) is 4.73. The van der Waals surface area contributed by atoms with E-state index < -0.39 is 5.82 Å². The van der Waals surface area contributed by atoms with Crippen molar-refractivity contribution in [1.29, 1.82) is 0 Å². The number of halogens is 2. The van der Waals surface area contributed by atoms with Gasteiger partial charge in [0.25, 0.3) is 0 Å². The van der Waals surface area contributed by atoms with Crippen LogP contribution >= 0.6 is 11.6 Å². The Morgan fingerprint density at radius 1 is 1.12 bits per heavy atom. The van der Waals surface area contributed by atoms with Gasteiger partial charge in [-0.1, -0.05) is 17.7 Å². The minimum atomic E-state index is -0.394. The molecule has 0 fully saturated rings. The molecule has 0 amide bonds. The van der Waals surface area contributed by atoms with Crippen molar-refractivity contribution in [2.75, 3.05) is 11.1 Å². The number of hydrogen-bond donors (Lipinski definition) is 2. The normalized spacial score (nSPS) is 10.1. The summed E-state index contributed by atoms with van der Waals surface area (Å²) in [5.41, 5.74) is 7.35. The van der Waals surface area contributed by atoms with Gasteiger partial charge in [0.1, 0.15) is 5.82 Å². The minimum Gasteiger partial charge on any atom is -0.399 e. The second-order valence-corrected chi connectivity index (χ2v) is 3.81. The lowest BCUT2D eigenvalue weighted by Gasteiger charge is -2.08. The van der Waals surface area contributed by atoms with Gasteiger partial charge in [0.15, 0.2) is 0 Å². The number of nitrogen functional groups attached to an aromatic ring is 1. The van der Waals surface area contributed by atoms with Crippen molar-refractivity contribution < 1.29 is 4.39 Å². The van der Waals surface area contributed by atoms with Gasteiger partial charge < -0.3 is 11.1 Å². The molecule has 2 nitrogen and oxygen atoms in total. The molecule has 0 bridgehead atoms. The van der Waals surface area contributed by atoms with Crippen molar-refractivity contribution in [3.8, 4) is 0 Å². The molecule has 0 radical (unpaired) electrons. The maximum Gasteiger partial charge on any atom is 0.148 e. The number of anilines is 3. The van der Waals surface area contributed by atoms with Crippen LogP contribution in [0, 0.1) is 5.82 Å². The topological polar surface area (TPSA) is 38.0 Å². The van der Waals surface area contributed by atoms with Crippen molar-refractivity contribution in [1.82, 2.24) is 0 Å². The summed E-state index contributed by atoms with van der Waals surface area (Å²) in [4.78, 5) is 0. The molecule has 0 atom stereocenters. The van der Waals surface area contributed by atoms with Gasteiger partial charge in [-0.3, -0.25) is 0 Å². The third-order valence-corrected chi connectivity index (χ3v) is 2.33. The van der Waals surface area contributed by atoms with Gasteiger partial charge in [-0.15, -0.1) is 0 Å². The van der Waals surface area contributed by atoms with Gasteiger partial charge in [-0.05, 0) is 36.4 Å². The third kappa shape index (κ3) is 2.44. The number of benzene rings is 2. The van der Waals surface area contributed by atoms with Crippen molar-refractivity contribution in [2.24, 2.45) is 0 Å². The Balaban J connectivity index is 2.27. The molecule has 0 unspecified atom stereocenters. The zero-order valence-electron chi connectivity index (χ0n) is 8.37. The Labute approximate surface area is 97.8 Å². The fourth-order valence-corrected chi connectivity index (χ4v) is 1.52. The number of hydrogen-bond acceptors (Lipinski definition) is 2. The molecule has 2 aromatic rings. The molecule has 2 aromatic carbocycles. The van der Waals surface area contributed by atoms with E-state index in [0.29, 0.717) is 16.4 Å². The van der Waals surface area contributed by atoms with E-state index in [9.17, 15) is 4.39 Å². The highest BCUT2D eigenvalue weighted by Gasteiger charge is 2.02. The Bertz CT molecular complexity index is 514. The quantitative estimate of drug-likeness (QED) is 0.779. The molecule has 0 aromatic heterocycles. The Kier molecular flexibility index (Phi) is 2.97. The SMILES string of the molecule is Nc1cccc(Nc2ccc(Cl)cc2F)c1. The summed E-state index contributed by atoms with van der Waals surface area (Å²) < 4.78 is 13.5. The molecule has 2 rings (SSSR count). The van der Waals surface area contributed by atoms with Crippen LogP contribution in [0.1, 0.15) is 0 Å². The van der Waals surface area contributed by atoms with Crippen LogP contribution in [-0.2, 0) is 0 Å². The van der Waals surface area contributed by atoms with E-state index in [2.05, 4.69) is 5.32 Å². The van der Waals surface area contributed by atoms with Gasteiger partial charge in [0.2, 0.25) is 0 Å². The fraction of sp³-hybridized carbons (Fsp3) is 0. The minimum absolute atomic E-state index is 0.370. The van der Waals surface area contributed by atoms with Crippen molar-refractivity contribution in [2.45, 2.75) is 0 Å². The molecule has 3 N–H and O–H groups in total. The van der Waals surface area contributed by atoms with Crippen molar-refractivity contribution in [3.05, 3.63) is 53.3 Å². The smallest absolute Gasteiger partial charge is 0.148 e. The van der Waals surface area contributed by atoms with Gasteiger partial charge in [0.05, 0.1) is 5.69 Å². The molecule has 0 aliphatic heterocycles. The summed E-state index contributed by atoms with van der Waals surface area (Å²) in [7, 11) is 0. The zero-order valence-corrected chi connectivity index (χ0v) is 9.13. The predicted octanol–water partition coefficient (Wildman–Crippen LogP) is 3.80. The largest absolute Gasteiger partial charge is 0.399 e. The molecule has 0 spiro atoms. The summed E-state index contributed by atoms with van der Waals surface area (Å²) in [5.74, 6) is -0.394. The zero-order chi connectivity index (χ0) is 11.5. The molecule has 82 valence electrons. The van der Waals surface area contributed by atoms with Gasteiger partial charge >= 0.3 is 0 Å².